The van der Waals surface area contributed by atoms with Crippen LogP contribution in [0.2, 0.25) is 0 Å². The van der Waals surface area contributed by atoms with E-state index in [0.29, 0.717) is 30.9 Å². The van der Waals surface area contributed by atoms with Crippen molar-refractivity contribution >= 4 is 17.8 Å². The fourth-order valence-corrected chi connectivity index (χ4v) is 2.14. The lowest BCUT2D eigenvalue weighted by Gasteiger charge is -2.12. The number of carboxylic acids is 1. The standard InChI is InChI=1S/C17H24N2O5/c1-3-24-14-8-5-4-7-13(14)17(23)18-10-6-9-15(20)19-12(2)11-16(21)22/h4-5,7-8,12H,3,6,9-11H2,1-2H3,(H,18,23)(H,19,20)(H,21,22). The molecule has 0 saturated carbocycles. The van der Waals surface area contributed by atoms with Crippen molar-refractivity contribution in [1.82, 2.24) is 10.6 Å². The molecule has 0 aromatic heterocycles. The number of para-hydroxylation sites is 1. The lowest BCUT2D eigenvalue weighted by Crippen LogP contribution is -2.34. The number of aliphatic carboxylic acids is 1. The zero-order valence-corrected chi connectivity index (χ0v) is 14.0. The van der Waals surface area contributed by atoms with Crippen molar-refractivity contribution in [3.8, 4) is 5.75 Å². The Kier molecular flexibility index (Phi) is 8.32. The lowest BCUT2D eigenvalue weighted by molar-refractivity contribution is -0.137. The van der Waals surface area contributed by atoms with Crippen molar-refractivity contribution in [3.63, 3.8) is 0 Å². The van der Waals surface area contributed by atoms with Crippen LogP contribution in [0.4, 0.5) is 0 Å². The molecule has 1 aromatic carbocycles. The van der Waals surface area contributed by atoms with E-state index in [9.17, 15) is 14.4 Å². The van der Waals surface area contributed by atoms with Crippen molar-refractivity contribution in [3.05, 3.63) is 29.8 Å². The van der Waals surface area contributed by atoms with Crippen LogP contribution in [-0.4, -0.2) is 42.1 Å². The van der Waals surface area contributed by atoms with Gasteiger partial charge in [0.15, 0.2) is 0 Å². The van der Waals surface area contributed by atoms with Gasteiger partial charge in [0.25, 0.3) is 5.91 Å². The summed E-state index contributed by atoms with van der Waals surface area (Å²) < 4.78 is 5.41. The van der Waals surface area contributed by atoms with E-state index in [4.69, 9.17) is 9.84 Å². The molecule has 0 aliphatic heterocycles. The summed E-state index contributed by atoms with van der Waals surface area (Å²) >= 11 is 0. The van der Waals surface area contributed by atoms with Crippen LogP contribution in [0, 0.1) is 0 Å². The topological polar surface area (TPSA) is 105 Å². The van der Waals surface area contributed by atoms with E-state index < -0.39 is 12.0 Å². The number of nitrogens with one attached hydrogen (secondary N) is 2. The van der Waals surface area contributed by atoms with Gasteiger partial charge in [-0.15, -0.1) is 0 Å². The third-order valence-corrected chi connectivity index (χ3v) is 3.19. The zero-order valence-electron chi connectivity index (χ0n) is 14.0. The summed E-state index contributed by atoms with van der Waals surface area (Å²) in [5.41, 5.74) is 0.457. The first kappa shape index (κ1) is 19.5. The molecule has 1 unspecified atom stereocenters. The molecule has 0 aliphatic rings. The molecule has 7 heteroatoms. The number of hydrogen-bond donors (Lipinski definition) is 3. The molecule has 0 spiro atoms. The average molecular weight is 336 g/mol. The normalized spacial score (nSPS) is 11.4. The maximum Gasteiger partial charge on any atom is 0.305 e. The number of carbonyl (C=O) groups is 3. The fourth-order valence-electron chi connectivity index (χ4n) is 2.14. The van der Waals surface area contributed by atoms with Crippen molar-refractivity contribution < 1.29 is 24.2 Å². The first-order valence-electron chi connectivity index (χ1n) is 7.95. The molecule has 0 heterocycles. The molecular weight excluding hydrogens is 312 g/mol. The van der Waals surface area contributed by atoms with Gasteiger partial charge in [0.1, 0.15) is 5.75 Å². The highest BCUT2D eigenvalue weighted by Crippen LogP contribution is 2.17. The Morgan fingerprint density at radius 3 is 2.62 bits per heavy atom. The van der Waals surface area contributed by atoms with Crippen LogP contribution < -0.4 is 15.4 Å². The average Bonchev–Trinajstić information content (AvgIpc) is 2.51. The molecule has 24 heavy (non-hydrogen) atoms. The first-order chi connectivity index (χ1) is 11.4. The number of rotatable bonds is 10. The second kappa shape index (κ2) is 10.3. The molecule has 0 fully saturated rings. The van der Waals surface area contributed by atoms with Gasteiger partial charge in [0.2, 0.25) is 5.91 Å². The minimum absolute atomic E-state index is 0.114. The zero-order chi connectivity index (χ0) is 17.9. The summed E-state index contributed by atoms with van der Waals surface area (Å²) in [7, 11) is 0. The van der Waals surface area contributed by atoms with Crippen LogP contribution in [0.15, 0.2) is 24.3 Å². The maximum absolute atomic E-state index is 12.1. The van der Waals surface area contributed by atoms with E-state index in [1.54, 1.807) is 31.2 Å². The van der Waals surface area contributed by atoms with E-state index in [-0.39, 0.29) is 24.7 Å². The predicted molar refractivity (Wildman–Crippen MR) is 89.0 cm³/mol. The summed E-state index contributed by atoms with van der Waals surface area (Å²) in [4.78, 5) is 34.3. The third kappa shape index (κ3) is 7.13. The third-order valence-electron chi connectivity index (χ3n) is 3.19. The van der Waals surface area contributed by atoms with E-state index in [1.165, 1.54) is 0 Å². The van der Waals surface area contributed by atoms with Crippen molar-refractivity contribution in [2.75, 3.05) is 13.2 Å². The number of benzene rings is 1. The second-order valence-corrected chi connectivity index (χ2v) is 5.36. The molecule has 2 amide bonds. The van der Waals surface area contributed by atoms with Gasteiger partial charge in [-0.25, -0.2) is 0 Å². The van der Waals surface area contributed by atoms with E-state index >= 15 is 0 Å². The van der Waals surface area contributed by atoms with Crippen LogP contribution in [0.5, 0.6) is 5.75 Å². The molecule has 0 radical (unpaired) electrons. The van der Waals surface area contributed by atoms with E-state index in [2.05, 4.69) is 10.6 Å². The predicted octanol–water partition coefficient (Wildman–Crippen LogP) is 1.57. The highest BCUT2D eigenvalue weighted by atomic mass is 16.5. The van der Waals surface area contributed by atoms with Gasteiger partial charge in [-0.2, -0.15) is 0 Å². The minimum Gasteiger partial charge on any atom is -0.493 e. The minimum atomic E-state index is -0.956. The number of carboxylic acid groups (broad SMARTS) is 1. The van der Waals surface area contributed by atoms with Gasteiger partial charge in [-0.3, -0.25) is 14.4 Å². The Balaban J connectivity index is 2.33. The molecule has 0 bridgehead atoms. The van der Waals surface area contributed by atoms with Gasteiger partial charge < -0.3 is 20.5 Å². The molecule has 132 valence electrons. The van der Waals surface area contributed by atoms with Crippen LogP contribution >= 0.6 is 0 Å². The number of ether oxygens (including phenoxy) is 1. The quantitative estimate of drug-likeness (QED) is 0.563. The van der Waals surface area contributed by atoms with Gasteiger partial charge in [0, 0.05) is 19.0 Å². The molecule has 7 nitrogen and oxygen atoms in total. The van der Waals surface area contributed by atoms with Crippen molar-refractivity contribution in [1.29, 1.82) is 0 Å². The van der Waals surface area contributed by atoms with Crippen LogP contribution in [0.1, 0.15) is 43.5 Å². The number of carbonyl (C=O) groups excluding carboxylic acids is 2. The van der Waals surface area contributed by atoms with Crippen LogP contribution in [0.3, 0.4) is 0 Å². The summed E-state index contributed by atoms with van der Waals surface area (Å²) in [6, 6.07) is 6.55. The molecule has 3 N–H and O–H groups in total. The van der Waals surface area contributed by atoms with Gasteiger partial charge in [-0.05, 0) is 32.4 Å². The Morgan fingerprint density at radius 1 is 1.25 bits per heavy atom. The van der Waals surface area contributed by atoms with Gasteiger partial charge >= 0.3 is 5.97 Å². The Morgan fingerprint density at radius 2 is 1.96 bits per heavy atom. The summed E-state index contributed by atoms with van der Waals surface area (Å²) in [5.74, 6) is -0.910. The highest BCUT2D eigenvalue weighted by molar-refractivity contribution is 5.96. The molecule has 1 aromatic rings. The molecule has 1 atom stereocenters. The number of amides is 2. The Labute approximate surface area is 141 Å². The fraction of sp³-hybridized carbons (Fsp3) is 0.471. The number of hydrogen-bond acceptors (Lipinski definition) is 4. The molecule has 0 saturated heterocycles. The molecule has 0 aliphatic carbocycles. The van der Waals surface area contributed by atoms with Gasteiger partial charge in [-0.1, -0.05) is 12.1 Å². The maximum atomic E-state index is 12.1. The monoisotopic (exact) mass is 336 g/mol. The Hall–Kier alpha value is -2.57. The Bertz CT molecular complexity index is 574. The summed E-state index contributed by atoms with van der Waals surface area (Å²) in [6.45, 7) is 4.30. The first-order valence-corrected chi connectivity index (χ1v) is 7.95. The second-order valence-electron chi connectivity index (χ2n) is 5.36. The van der Waals surface area contributed by atoms with Crippen molar-refractivity contribution in [2.24, 2.45) is 0 Å². The van der Waals surface area contributed by atoms with E-state index in [1.807, 2.05) is 6.92 Å². The molecular formula is C17H24N2O5. The largest absolute Gasteiger partial charge is 0.493 e. The lowest BCUT2D eigenvalue weighted by atomic mass is 10.2. The van der Waals surface area contributed by atoms with E-state index in [0.717, 1.165) is 0 Å². The van der Waals surface area contributed by atoms with Crippen molar-refractivity contribution in [2.45, 2.75) is 39.2 Å². The summed E-state index contributed by atoms with van der Waals surface area (Å²) in [5, 5.41) is 14.0. The smallest absolute Gasteiger partial charge is 0.305 e. The SMILES string of the molecule is CCOc1ccccc1C(=O)NCCCC(=O)NC(C)CC(=O)O. The van der Waals surface area contributed by atoms with Gasteiger partial charge in [0.05, 0.1) is 18.6 Å². The van der Waals surface area contributed by atoms with Crippen LogP contribution in [-0.2, 0) is 9.59 Å². The molecule has 1 rings (SSSR count). The summed E-state index contributed by atoms with van der Waals surface area (Å²) in [6.07, 6.45) is 0.572. The highest BCUT2D eigenvalue weighted by Gasteiger charge is 2.13. The van der Waals surface area contributed by atoms with Crippen LogP contribution in [0.25, 0.3) is 0 Å².